The van der Waals surface area contributed by atoms with Gasteiger partial charge >= 0.3 is 5.97 Å². The van der Waals surface area contributed by atoms with E-state index in [0.29, 0.717) is 11.7 Å². The van der Waals surface area contributed by atoms with E-state index in [1.165, 1.54) is 6.92 Å². The van der Waals surface area contributed by atoms with Gasteiger partial charge in [0.05, 0.1) is 0 Å². The highest BCUT2D eigenvalue weighted by molar-refractivity contribution is 5.86. The molecule has 0 radical (unpaired) electrons. The van der Waals surface area contributed by atoms with E-state index in [1.54, 1.807) is 6.07 Å². The highest BCUT2D eigenvalue weighted by Crippen LogP contribution is 2.25. The molecular weight excluding hydrogens is 214 g/mol. The van der Waals surface area contributed by atoms with Gasteiger partial charge in [-0.15, -0.1) is 0 Å². The van der Waals surface area contributed by atoms with Gasteiger partial charge < -0.3 is 4.74 Å². The lowest BCUT2D eigenvalue weighted by atomic mass is 10.1. The van der Waals surface area contributed by atoms with Gasteiger partial charge in [0.25, 0.3) is 0 Å². The fourth-order valence-corrected chi connectivity index (χ4v) is 1.69. The fraction of sp³-hybridized carbons (Fsp3) is 0.286. The fourth-order valence-electron chi connectivity index (χ4n) is 1.69. The number of esters is 1. The Kier molecular flexibility index (Phi) is 3.09. The number of benzene rings is 1. The summed E-state index contributed by atoms with van der Waals surface area (Å²) < 4.78 is 5.16. The quantitative estimate of drug-likeness (QED) is 0.586. The van der Waals surface area contributed by atoms with Crippen LogP contribution in [0.1, 0.15) is 32.4 Å². The molecule has 3 heteroatoms. The Hall–Kier alpha value is -1.90. The summed E-state index contributed by atoms with van der Waals surface area (Å²) in [4.78, 5) is 15.6. The number of pyridine rings is 1. The number of nitrogens with zero attached hydrogens (tertiary/aromatic N) is 1. The van der Waals surface area contributed by atoms with Crippen LogP contribution in [0.15, 0.2) is 30.3 Å². The Labute approximate surface area is 100 Å². The van der Waals surface area contributed by atoms with Gasteiger partial charge in [-0.3, -0.25) is 4.79 Å². The van der Waals surface area contributed by atoms with E-state index in [2.05, 4.69) is 18.8 Å². The number of rotatable bonds is 2. The summed E-state index contributed by atoms with van der Waals surface area (Å²) in [6.07, 6.45) is 0. The molecule has 1 heterocycles. The number of para-hydroxylation sites is 1. The van der Waals surface area contributed by atoms with Crippen molar-refractivity contribution in [3.63, 3.8) is 0 Å². The van der Waals surface area contributed by atoms with Gasteiger partial charge in [0.2, 0.25) is 0 Å². The van der Waals surface area contributed by atoms with E-state index in [-0.39, 0.29) is 5.97 Å². The maximum atomic E-state index is 11.0. The zero-order valence-electron chi connectivity index (χ0n) is 10.2. The van der Waals surface area contributed by atoms with Crippen molar-refractivity contribution >= 4 is 16.9 Å². The van der Waals surface area contributed by atoms with Crippen molar-refractivity contribution in [2.75, 3.05) is 0 Å². The Morgan fingerprint density at radius 2 is 2.00 bits per heavy atom. The minimum absolute atomic E-state index is 0.325. The summed E-state index contributed by atoms with van der Waals surface area (Å²) in [5.74, 6) is 0.552. The average molecular weight is 229 g/mol. The van der Waals surface area contributed by atoms with Crippen molar-refractivity contribution in [3.05, 3.63) is 36.0 Å². The molecule has 0 N–H and O–H groups in total. The van der Waals surface area contributed by atoms with Crippen LogP contribution in [0.4, 0.5) is 0 Å². The van der Waals surface area contributed by atoms with E-state index >= 15 is 0 Å². The summed E-state index contributed by atoms with van der Waals surface area (Å²) in [6, 6.07) is 9.59. The number of aromatic nitrogens is 1. The van der Waals surface area contributed by atoms with Crippen LogP contribution in [0.5, 0.6) is 5.75 Å². The molecule has 0 aliphatic carbocycles. The van der Waals surface area contributed by atoms with Gasteiger partial charge in [-0.05, 0) is 18.1 Å². The zero-order valence-corrected chi connectivity index (χ0v) is 10.2. The number of carbonyl (C=O) groups excluding carboxylic acids is 1. The first-order chi connectivity index (χ1) is 8.08. The SMILES string of the molecule is CC(=O)Oc1cccc2ccc(C(C)C)nc12. The molecular formula is C14H15NO2. The van der Waals surface area contributed by atoms with Gasteiger partial charge in [0, 0.05) is 18.0 Å². The largest absolute Gasteiger partial charge is 0.424 e. The minimum atomic E-state index is -0.325. The Bertz CT molecular complexity index is 561. The van der Waals surface area contributed by atoms with E-state index < -0.39 is 0 Å². The van der Waals surface area contributed by atoms with Crippen LogP contribution in [-0.4, -0.2) is 11.0 Å². The van der Waals surface area contributed by atoms with Crippen LogP contribution in [0.2, 0.25) is 0 Å². The normalized spacial score (nSPS) is 10.8. The van der Waals surface area contributed by atoms with Crippen LogP contribution in [0.25, 0.3) is 10.9 Å². The van der Waals surface area contributed by atoms with Gasteiger partial charge in [0.1, 0.15) is 5.52 Å². The molecule has 0 saturated carbocycles. The number of fused-ring (bicyclic) bond motifs is 1. The van der Waals surface area contributed by atoms with Crippen molar-refractivity contribution in [2.24, 2.45) is 0 Å². The third kappa shape index (κ3) is 2.44. The highest BCUT2D eigenvalue weighted by atomic mass is 16.5. The van der Waals surface area contributed by atoms with E-state index in [4.69, 9.17) is 4.74 Å². The first kappa shape index (κ1) is 11.6. The summed E-state index contributed by atoms with van der Waals surface area (Å²) in [5, 5.41) is 0.980. The topological polar surface area (TPSA) is 39.2 Å². The summed E-state index contributed by atoms with van der Waals surface area (Å²) in [6.45, 7) is 5.57. The van der Waals surface area contributed by atoms with Crippen LogP contribution in [-0.2, 0) is 4.79 Å². The van der Waals surface area contributed by atoms with Crippen LogP contribution in [0, 0.1) is 0 Å². The van der Waals surface area contributed by atoms with Crippen molar-refractivity contribution in [1.29, 1.82) is 0 Å². The first-order valence-corrected chi connectivity index (χ1v) is 5.66. The Morgan fingerprint density at radius 3 is 2.65 bits per heavy atom. The molecule has 17 heavy (non-hydrogen) atoms. The molecule has 88 valence electrons. The van der Waals surface area contributed by atoms with Gasteiger partial charge in [-0.1, -0.05) is 32.0 Å². The van der Waals surface area contributed by atoms with Gasteiger partial charge in [-0.2, -0.15) is 0 Å². The van der Waals surface area contributed by atoms with Crippen LogP contribution in [0.3, 0.4) is 0 Å². The second kappa shape index (κ2) is 4.53. The standard InChI is InChI=1S/C14H15NO2/c1-9(2)12-8-7-11-5-4-6-13(14(11)15-12)17-10(3)16/h4-9H,1-3H3. The molecule has 3 nitrogen and oxygen atoms in total. The molecule has 0 aliphatic rings. The monoisotopic (exact) mass is 229 g/mol. The van der Waals surface area contributed by atoms with Crippen LogP contribution < -0.4 is 4.74 Å². The predicted molar refractivity (Wildman–Crippen MR) is 67.1 cm³/mol. The second-order valence-corrected chi connectivity index (χ2v) is 4.31. The molecule has 0 spiro atoms. The third-order valence-electron chi connectivity index (χ3n) is 2.55. The lowest BCUT2D eigenvalue weighted by Crippen LogP contribution is -2.03. The number of hydrogen-bond acceptors (Lipinski definition) is 3. The number of hydrogen-bond donors (Lipinski definition) is 0. The van der Waals surface area contributed by atoms with Crippen LogP contribution >= 0.6 is 0 Å². The van der Waals surface area contributed by atoms with E-state index in [0.717, 1.165) is 16.6 Å². The van der Waals surface area contributed by atoms with Crippen molar-refractivity contribution < 1.29 is 9.53 Å². The molecule has 1 aromatic heterocycles. The van der Waals surface area contributed by atoms with E-state index in [9.17, 15) is 4.79 Å². The molecule has 0 saturated heterocycles. The summed E-state index contributed by atoms with van der Waals surface area (Å²) in [7, 11) is 0. The molecule has 0 fully saturated rings. The maximum absolute atomic E-state index is 11.0. The summed E-state index contributed by atoms with van der Waals surface area (Å²) >= 11 is 0. The zero-order chi connectivity index (χ0) is 12.4. The van der Waals surface area contributed by atoms with Gasteiger partial charge in [0.15, 0.2) is 5.75 Å². The molecule has 0 amide bonds. The van der Waals surface area contributed by atoms with Gasteiger partial charge in [-0.25, -0.2) is 4.98 Å². The molecule has 0 unspecified atom stereocenters. The lowest BCUT2D eigenvalue weighted by molar-refractivity contribution is -0.131. The molecule has 1 aromatic carbocycles. The lowest BCUT2D eigenvalue weighted by Gasteiger charge is -2.09. The Morgan fingerprint density at radius 1 is 1.24 bits per heavy atom. The molecule has 2 aromatic rings. The first-order valence-electron chi connectivity index (χ1n) is 5.66. The van der Waals surface area contributed by atoms with Crippen molar-refractivity contribution in [3.8, 4) is 5.75 Å². The molecule has 0 aliphatic heterocycles. The number of ether oxygens (including phenoxy) is 1. The number of carbonyl (C=O) groups is 1. The van der Waals surface area contributed by atoms with E-state index in [1.807, 2.05) is 24.3 Å². The average Bonchev–Trinajstić information content (AvgIpc) is 2.28. The second-order valence-electron chi connectivity index (χ2n) is 4.31. The summed E-state index contributed by atoms with van der Waals surface area (Å²) in [5.41, 5.74) is 1.74. The predicted octanol–water partition coefficient (Wildman–Crippen LogP) is 3.28. The maximum Gasteiger partial charge on any atom is 0.308 e. The molecule has 2 rings (SSSR count). The Balaban J connectivity index is 2.59. The third-order valence-corrected chi connectivity index (χ3v) is 2.55. The minimum Gasteiger partial charge on any atom is -0.424 e. The van der Waals surface area contributed by atoms with Crippen molar-refractivity contribution in [1.82, 2.24) is 4.98 Å². The molecule has 0 bridgehead atoms. The molecule has 0 atom stereocenters. The smallest absolute Gasteiger partial charge is 0.308 e. The van der Waals surface area contributed by atoms with Crippen molar-refractivity contribution in [2.45, 2.75) is 26.7 Å². The highest BCUT2D eigenvalue weighted by Gasteiger charge is 2.08.